The van der Waals surface area contributed by atoms with Crippen LogP contribution in [0.5, 0.6) is 0 Å². The van der Waals surface area contributed by atoms with Crippen LogP contribution in [0.15, 0.2) is 48.8 Å². The Bertz CT molecular complexity index is 596. The number of carbonyl (C=O) groups excluding carboxylic acids is 1. The van der Waals surface area contributed by atoms with Gasteiger partial charge in [-0.1, -0.05) is 12.1 Å². The highest BCUT2D eigenvalue weighted by molar-refractivity contribution is 5.91. The predicted octanol–water partition coefficient (Wildman–Crippen LogP) is 1.24. The number of hydrogen-bond donors (Lipinski definition) is 1. The molecule has 1 fully saturated rings. The van der Waals surface area contributed by atoms with Crippen LogP contribution in [0.3, 0.4) is 0 Å². The number of amides is 1. The first-order chi connectivity index (χ1) is 10.8. The topological polar surface area (TPSA) is 61.4 Å². The fourth-order valence-corrected chi connectivity index (χ4v) is 2.50. The van der Waals surface area contributed by atoms with Gasteiger partial charge in [-0.05, 0) is 24.3 Å². The first kappa shape index (κ1) is 14.5. The summed E-state index contributed by atoms with van der Waals surface area (Å²) in [5, 5.41) is 2.81. The van der Waals surface area contributed by atoms with Crippen molar-refractivity contribution >= 4 is 17.5 Å². The summed E-state index contributed by atoms with van der Waals surface area (Å²) in [4.78, 5) is 24.9. The highest BCUT2D eigenvalue weighted by atomic mass is 16.2. The number of nitrogens with zero attached hydrogens (tertiary/aromatic N) is 4. The van der Waals surface area contributed by atoms with Gasteiger partial charge in [0.15, 0.2) is 0 Å². The highest BCUT2D eigenvalue weighted by Crippen LogP contribution is 2.12. The molecule has 1 saturated heterocycles. The summed E-state index contributed by atoms with van der Waals surface area (Å²) < 4.78 is 0. The van der Waals surface area contributed by atoms with Crippen molar-refractivity contribution in [3.05, 3.63) is 48.8 Å². The second kappa shape index (κ2) is 7.00. The van der Waals surface area contributed by atoms with E-state index in [9.17, 15) is 4.79 Å². The van der Waals surface area contributed by atoms with Gasteiger partial charge in [0.1, 0.15) is 11.6 Å². The van der Waals surface area contributed by atoms with Gasteiger partial charge < -0.3 is 10.2 Å². The summed E-state index contributed by atoms with van der Waals surface area (Å²) in [6, 6.07) is 11.4. The number of carbonyl (C=O) groups is 1. The summed E-state index contributed by atoms with van der Waals surface area (Å²) in [5.74, 6) is 1.57. The van der Waals surface area contributed by atoms with Crippen LogP contribution in [0.1, 0.15) is 0 Å². The van der Waals surface area contributed by atoms with Crippen LogP contribution in [0.4, 0.5) is 11.6 Å². The lowest BCUT2D eigenvalue weighted by atomic mass is 10.3. The molecule has 0 spiro atoms. The van der Waals surface area contributed by atoms with E-state index in [2.05, 4.69) is 25.1 Å². The minimum atomic E-state index is -0.0232. The zero-order valence-corrected chi connectivity index (χ0v) is 12.4. The van der Waals surface area contributed by atoms with Crippen LogP contribution in [0.2, 0.25) is 0 Å². The molecule has 3 heterocycles. The SMILES string of the molecule is O=C(CN1CCN(c2ccccn2)CC1)Nc1ccccn1. The number of nitrogens with one attached hydrogen (secondary N) is 1. The van der Waals surface area contributed by atoms with Gasteiger partial charge in [0.25, 0.3) is 0 Å². The smallest absolute Gasteiger partial charge is 0.239 e. The molecule has 0 atom stereocenters. The predicted molar refractivity (Wildman–Crippen MR) is 85.8 cm³/mol. The molecule has 0 aromatic carbocycles. The molecule has 6 heteroatoms. The van der Waals surface area contributed by atoms with E-state index in [1.54, 1.807) is 12.3 Å². The van der Waals surface area contributed by atoms with Crippen molar-refractivity contribution < 1.29 is 4.79 Å². The van der Waals surface area contributed by atoms with Crippen LogP contribution in [-0.2, 0) is 4.79 Å². The molecule has 1 aliphatic rings. The number of anilines is 2. The van der Waals surface area contributed by atoms with Crippen LogP contribution in [0.25, 0.3) is 0 Å². The van der Waals surface area contributed by atoms with Crippen LogP contribution >= 0.6 is 0 Å². The molecular weight excluding hydrogens is 278 g/mol. The van der Waals surface area contributed by atoms with Gasteiger partial charge in [-0.3, -0.25) is 9.69 Å². The van der Waals surface area contributed by atoms with E-state index in [0.29, 0.717) is 12.4 Å². The molecule has 22 heavy (non-hydrogen) atoms. The number of rotatable bonds is 4. The molecule has 1 aliphatic heterocycles. The van der Waals surface area contributed by atoms with Gasteiger partial charge >= 0.3 is 0 Å². The summed E-state index contributed by atoms with van der Waals surface area (Å²) >= 11 is 0. The second-order valence-electron chi connectivity index (χ2n) is 5.21. The molecule has 2 aromatic rings. The number of pyridine rings is 2. The molecule has 1 N–H and O–H groups in total. The van der Waals surface area contributed by atoms with Gasteiger partial charge in [-0.2, -0.15) is 0 Å². The third kappa shape index (κ3) is 3.79. The molecule has 2 aromatic heterocycles. The van der Waals surface area contributed by atoms with E-state index in [1.807, 2.05) is 36.5 Å². The van der Waals surface area contributed by atoms with E-state index in [1.165, 1.54) is 0 Å². The maximum Gasteiger partial charge on any atom is 0.239 e. The highest BCUT2D eigenvalue weighted by Gasteiger charge is 2.19. The molecule has 0 saturated carbocycles. The van der Waals surface area contributed by atoms with Crippen molar-refractivity contribution in [3.8, 4) is 0 Å². The lowest BCUT2D eigenvalue weighted by Crippen LogP contribution is -2.48. The van der Waals surface area contributed by atoms with Gasteiger partial charge in [0.2, 0.25) is 5.91 Å². The Labute approximate surface area is 129 Å². The lowest BCUT2D eigenvalue weighted by Gasteiger charge is -2.34. The maximum absolute atomic E-state index is 12.0. The monoisotopic (exact) mass is 297 g/mol. The quantitative estimate of drug-likeness (QED) is 0.920. The first-order valence-electron chi connectivity index (χ1n) is 7.40. The molecule has 0 unspecified atom stereocenters. The van der Waals surface area contributed by atoms with Crippen molar-refractivity contribution in [3.63, 3.8) is 0 Å². The minimum absolute atomic E-state index is 0.0232. The standard InChI is InChI=1S/C16H19N5O/c22-16(19-14-5-1-3-7-17-14)13-20-9-11-21(12-10-20)15-6-2-4-8-18-15/h1-8H,9-13H2,(H,17,19,22). The Morgan fingerprint density at radius 1 is 1.00 bits per heavy atom. The molecule has 0 aliphatic carbocycles. The van der Waals surface area contributed by atoms with E-state index in [-0.39, 0.29) is 5.91 Å². The van der Waals surface area contributed by atoms with Gasteiger partial charge in [0, 0.05) is 38.6 Å². The van der Waals surface area contributed by atoms with Crippen molar-refractivity contribution in [1.29, 1.82) is 0 Å². The van der Waals surface area contributed by atoms with E-state index in [0.717, 1.165) is 32.0 Å². The summed E-state index contributed by atoms with van der Waals surface area (Å²) in [6.45, 7) is 3.87. The van der Waals surface area contributed by atoms with Crippen LogP contribution in [-0.4, -0.2) is 53.5 Å². The Morgan fingerprint density at radius 2 is 1.73 bits per heavy atom. The van der Waals surface area contributed by atoms with E-state index < -0.39 is 0 Å². The third-order valence-corrected chi connectivity index (χ3v) is 3.65. The van der Waals surface area contributed by atoms with Crippen molar-refractivity contribution in [2.24, 2.45) is 0 Å². The average Bonchev–Trinajstić information content (AvgIpc) is 2.57. The Morgan fingerprint density at radius 3 is 2.36 bits per heavy atom. The fraction of sp³-hybridized carbons (Fsp3) is 0.312. The summed E-state index contributed by atoms with van der Waals surface area (Å²) in [7, 11) is 0. The van der Waals surface area contributed by atoms with E-state index in [4.69, 9.17) is 0 Å². The zero-order valence-electron chi connectivity index (χ0n) is 12.4. The summed E-state index contributed by atoms with van der Waals surface area (Å²) in [6.07, 6.45) is 3.48. The fourth-order valence-electron chi connectivity index (χ4n) is 2.50. The largest absolute Gasteiger partial charge is 0.354 e. The van der Waals surface area contributed by atoms with Gasteiger partial charge in [0.05, 0.1) is 6.54 Å². The Balaban J connectivity index is 1.47. The molecule has 6 nitrogen and oxygen atoms in total. The number of hydrogen-bond acceptors (Lipinski definition) is 5. The molecule has 0 radical (unpaired) electrons. The van der Waals surface area contributed by atoms with Gasteiger partial charge in [-0.25, -0.2) is 9.97 Å². The summed E-state index contributed by atoms with van der Waals surface area (Å²) in [5.41, 5.74) is 0. The normalized spacial score (nSPS) is 15.5. The van der Waals surface area contributed by atoms with Crippen LogP contribution < -0.4 is 10.2 Å². The molecule has 3 rings (SSSR count). The Kier molecular flexibility index (Phi) is 4.60. The second-order valence-corrected chi connectivity index (χ2v) is 5.21. The van der Waals surface area contributed by atoms with Crippen molar-refractivity contribution in [2.45, 2.75) is 0 Å². The molecule has 1 amide bonds. The van der Waals surface area contributed by atoms with Crippen molar-refractivity contribution in [1.82, 2.24) is 14.9 Å². The van der Waals surface area contributed by atoms with Crippen LogP contribution in [0, 0.1) is 0 Å². The van der Waals surface area contributed by atoms with E-state index >= 15 is 0 Å². The first-order valence-corrected chi connectivity index (χ1v) is 7.40. The van der Waals surface area contributed by atoms with Crippen molar-refractivity contribution in [2.75, 3.05) is 42.9 Å². The third-order valence-electron chi connectivity index (χ3n) is 3.65. The molecule has 114 valence electrons. The van der Waals surface area contributed by atoms with Gasteiger partial charge in [-0.15, -0.1) is 0 Å². The lowest BCUT2D eigenvalue weighted by molar-refractivity contribution is -0.117. The minimum Gasteiger partial charge on any atom is -0.354 e. The molecule has 0 bridgehead atoms. The molecular formula is C16H19N5O. The average molecular weight is 297 g/mol. The number of piperazine rings is 1. The zero-order chi connectivity index (χ0) is 15.2. The Hall–Kier alpha value is -2.47. The number of aromatic nitrogens is 2. The maximum atomic E-state index is 12.0.